The van der Waals surface area contributed by atoms with Crippen LogP contribution in [-0.4, -0.2) is 37.5 Å². The van der Waals surface area contributed by atoms with E-state index in [4.69, 9.17) is 14.2 Å². The van der Waals surface area contributed by atoms with Gasteiger partial charge in [0.25, 0.3) is 5.91 Å². The third-order valence-corrected chi connectivity index (χ3v) is 3.63. The van der Waals surface area contributed by atoms with Crippen LogP contribution in [-0.2, 0) is 14.3 Å². The van der Waals surface area contributed by atoms with E-state index in [1.807, 2.05) is 0 Å². The number of hydrogen-bond donors (Lipinski definition) is 1. The van der Waals surface area contributed by atoms with Gasteiger partial charge in [-0.25, -0.2) is 4.79 Å². The summed E-state index contributed by atoms with van der Waals surface area (Å²) in [5, 5.41) is 2.61. The first-order chi connectivity index (χ1) is 12.9. The quantitative estimate of drug-likeness (QED) is 0.567. The first-order valence-electron chi connectivity index (χ1n) is 8.28. The molecule has 0 fully saturated rings. The summed E-state index contributed by atoms with van der Waals surface area (Å²) >= 11 is 0. The second-order valence-corrected chi connectivity index (χ2v) is 5.70. The second-order valence-electron chi connectivity index (χ2n) is 5.70. The molecule has 0 aliphatic rings. The molecule has 2 rings (SSSR count). The Balaban J connectivity index is 1.87. The first-order valence-corrected chi connectivity index (χ1v) is 8.28. The Morgan fingerprint density at radius 2 is 1.74 bits per heavy atom. The summed E-state index contributed by atoms with van der Waals surface area (Å²) in [6.45, 7) is 2.52. The molecule has 0 aliphatic carbocycles. The Morgan fingerprint density at radius 1 is 1.04 bits per heavy atom. The number of carbonyl (C=O) groups excluding carboxylic acids is 3. The Kier molecular flexibility index (Phi) is 6.93. The minimum absolute atomic E-state index is 0.112. The van der Waals surface area contributed by atoms with Gasteiger partial charge in [0.05, 0.1) is 7.11 Å². The van der Waals surface area contributed by atoms with Crippen molar-refractivity contribution in [2.45, 2.75) is 20.0 Å². The minimum Gasteiger partial charge on any atom is -0.493 e. The van der Waals surface area contributed by atoms with Crippen LogP contribution in [0.2, 0.25) is 0 Å². The summed E-state index contributed by atoms with van der Waals surface area (Å²) in [7, 11) is 1.49. The van der Waals surface area contributed by atoms with Crippen molar-refractivity contribution >= 4 is 23.3 Å². The van der Waals surface area contributed by atoms with Crippen LogP contribution in [0.15, 0.2) is 48.5 Å². The van der Waals surface area contributed by atoms with Gasteiger partial charge >= 0.3 is 5.97 Å². The van der Waals surface area contributed by atoms with Gasteiger partial charge in [-0.2, -0.15) is 0 Å². The summed E-state index contributed by atoms with van der Waals surface area (Å²) in [6.07, 6.45) is -1.03. The average Bonchev–Trinajstić information content (AvgIpc) is 2.66. The number of rotatable bonds is 8. The molecular formula is C20H21NO6. The van der Waals surface area contributed by atoms with E-state index in [1.54, 1.807) is 48.5 Å². The number of Topliss-reactive ketones (excluding diaryl/α,β-unsaturated/α-hetero) is 1. The number of amides is 1. The molecule has 1 atom stereocenters. The summed E-state index contributed by atoms with van der Waals surface area (Å²) in [5.74, 6) is -0.432. The van der Waals surface area contributed by atoms with Crippen LogP contribution in [0.25, 0.3) is 0 Å². The van der Waals surface area contributed by atoms with E-state index in [9.17, 15) is 14.4 Å². The van der Waals surface area contributed by atoms with Gasteiger partial charge in [0.2, 0.25) is 0 Å². The van der Waals surface area contributed by atoms with Crippen molar-refractivity contribution in [3.63, 3.8) is 0 Å². The molecule has 1 N–H and O–H groups in total. The van der Waals surface area contributed by atoms with Gasteiger partial charge in [0.15, 0.2) is 30.0 Å². The number of para-hydroxylation sites is 2. The highest BCUT2D eigenvalue weighted by Crippen LogP contribution is 2.25. The van der Waals surface area contributed by atoms with Crippen molar-refractivity contribution in [2.75, 3.05) is 19.0 Å². The number of methoxy groups -OCH3 is 1. The highest BCUT2D eigenvalue weighted by atomic mass is 16.6. The Bertz CT molecular complexity index is 833. The molecule has 0 saturated heterocycles. The maximum absolute atomic E-state index is 12.2. The lowest BCUT2D eigenvalue weighted by molar-refractivity contribution is -0.155. The number of anilines is 1. The van der Waals surface area contributed by atoms with Gasteiger partial charge in [0, 0.05) is 11.3 Å². The minimum atomic E-state index is -1.03. The number of carbonyl (C=O) groups is 3. The van der Waals surface area contributed by atoms with E-state index in [-0.39, 0.29) is 12.4 Å². The van der Waals surface area contributed by atoms with E-state index < -0.39 is 18.0 Å². The van der Waals surface area contributed by atoms with E-state index in [0.717, 1.165) is 0 Å². The lowest BCUT2D eigenvalue weighted by Gasteiger charge is -2.15. The molecule has 0 aliphatic heterocycles. The van der Waals surface area contributed by atoms with Gasteiger partial charge in [-0.3, -0.25) is 9.59 Å². The SMILES string of the molecule is COc1ccccc1OCC(=O)O[C@@H](C)C(=O)Nc1cccc(C(C)=O)c1. The zero-order chi connectivity index (χ0) is 19.8. The largest absolute Gasteiger partial charge is 0.493 e. The molecule has 0 aromatic heterocycles. The lowest BCUT2D eigenvalue weighted by Crippen LogP contribution is -2.31. The Morgan fingerprint density at radius 3 is 2.41 bits per heavy atom. The van der Waals surface area contributed by atoms with Crippen molar-refractivity contribution in [3.05, 3.63) is 54.1 Å². The fraction of sp³-hybridized carbons (Fsp3) is 0.250. The standard InChI is InChI=1S/C20H21NO6/c1-13(22)15-7-6-8-16(11-15)21-20(24)14(2)27-19(23)12-26-18-10-5-4-9-17(18)25-3/h4-11,14H,12H2,1-3H3,(H,21,24)/t14-/m0/s1. The Labute approximate surface area is 157 Å². The zero-order valence-electron chi connectivity index (χ0n) is 15.4. The van der Waals surface area contributed by atoms with Crippen LogP contribution >= 0.6 is 0 Å². The number of nitrogens with one attached hydrogen (secondary N) is 1. The smallest absolute Gasteiger partial charge is 0.344 e. The second kappa shape index (κ2) is 9.38. The van der Waals surface area contributed by atoms with Crippen molar-refractivity contribution in [1.82, 2.24) is 0 Å². The third-order valence-electron chi connectivity index (χ3n) is 3.63. The van der Waals surface area contributed by atoms with Crippen LogP contribution in [0.5, 0.6) is 11.5 Å². The molecule has 142 valence electrons. The van der Waals surface area contributed by atoms with Gasteiger partial charge in [-0.05, 0) is 38.1 Å². The fourth-order valence-corrected chi connectivity index (χ4v) is 2.22. The summed E-state index contributed by atoms with van der Waals surface area (Å²) < 4.78 is 15.6. The third kappa shape index (κ3) is 5.85. The molecule has 27 heavy (non-hydrogen) atoms. The van der Waals surface area contributed by atoms with Crippen LogP contribution in [0.1, 0.15) is 24.2 Å². The summed E-state index contributed by atoms with van der Waals surface area (Å²) in [4.78, 5) is 35.5. The number of ether oxygens (including phenoxy) is 3. The van der Waals surface area contributed by atoms with Crippen molar-refractivity contribution in [1.29, 1.82) is 0 Å². The summed E-state index contributed by atoms with van der Waals surface area (Å²) in [6, 6.07) is 13.4. The average molecular weight is 371 g/mol. The van der Waals surface area contributed by atoms with Gasteiger partial charge in [-0.15, -0.1) is 0 Å². The molecule has 7 nitrogen and oxygen atoms in total. The first kappa shape index (κ1) is 20.0. The molecule has 7 heteroatoms. The highest BCUT2D eigenvalue weighted by molar-refractivity contribution is 5.98. The molecule has 0 heterocycles. The van der Waals surface area contributed by atoms with Crippen LogP contribution in [0.4, 0.5) is 5.69 Å². The molecule has 0 spiro atoms. The number of esters is 1. The van der Waals surface area contributed by atoms with Crippen LogP contribution < -0.4 is 14.8 Å². The van der Waals surface area contributed by atoms with Gasteiger partial charge < -0.3 is 19.5 Å². The molecule has 1 amide bonds. The van der Waals surface area contributed by atoms with Crippen LogP contribution in [0, 0.1) is 0 Å². The maximum atomic E-state index is 12.2. The number of benzene rings is 2. The Hall–Kier alpha value is -3.35. The predicted octanol–water partition coefficient (Wildman–Crippen LogP) is 2.85. The zero-order valence-corrected chi connectivity index (χ0v) is 15.4. The molecule has 0 radical (unpaired) electrons. The molecule has 0 bridgehead atoms. The number of hydrogen-bond acceptors (Lipinski definition) is 6. The maximum Gasteiger partial charge on any atom is 0.344 e. The topological polar surface area (TPSA) is 90.9 Å². The highest BCUT2D eigenvalue weighted by Gasteiger charge is 2.19. The lowest BCUT2D eigenvalue weighted by atomic mass is 10.1. The van der Waals surface area contributed by atoms with E-state index >= 15 is 0 Å². The van der Waals surface area contributed by atoms with Crippen molar-refractivity contribution in [3.8, 4) is 11.5 Å². The number of ketones is 1. The molecule has 0 unspecified atom stereocenters. The van der Waals surface area contributed by atoms with Crippen molar-refractivity contribution in [2.24, 2.45) is 0 Å². The van der Waals surface area contributed by atoms with Gasteiger partial charge in [-0.1, -0.05) is 24.3 Å². The van der Waals surface area contributed by atoms with Crippen molar-refractivity contribution < 1.29 is 28.6 Å². The normalized spacial score (nSPS) is 11.2. The molecule has 2 aromatic rings. The van der Waals surface area contributed by atoms with E-state index in [1.165, 1.54) is 21.0 Å². The van der Waals surface area contributed by atoms with E-state index in [2.05, 4.69) is 5.32 Å². The van der Waals surface area contributed by atoms with Crippen LogP contribution in [0.3, 0.4) is 0 Å². The van der Waals surface area contributed by atoms with Gasteiger partial charge in [0.1, 0.15) is 0 Å². The monoisotopic (exact) mass is 371 g/mol. The predicted molar refractivity (Wildman–Crippen MR) is 99.1 cm³/mol. The molecular weight excluding hydrogens is 350 g/mol. The summed E-state index contributed by atoms with van der Waals surface area (Å²) in [5.41, 5.74) is 0.920. The molecule has 2 aromatic carbocycles. The fourth-order valence-electron chi connectivity index (χ4n) is 2.22. The van der Waals surface area contributed by atoms with E-state index in [0.29, 0.717) is 22.7 Å². The molecule has 0 saturated carbocycles.